The number of anilines is 1. The van der Waals surface area contributed by atoms with Gasteiger partial charge in [0.25, 0.3) is 0 Å². The minimum absolute atomic E-state index is 0.445. The Morgan fingerprint density at radius 1 is 1.11 bits per heavy atom. The standard InChI is InChI=1S/C12H9N5S2/c13-9-6-10(18-12-14-7-15-19-12)17-11(16-9)8-4-2-1-3-5-8/h1-7H,(H2,13,16,17). The molecule has 0 saturated heterocycles. The molecule has 0 unspecified atom stereocenters. The number of hydrogen-bond donors (Lipinski definition) is 1. The van der Waals surface area contributed by atoms with Gasteiger partial charge in [0.15, 0.2) is 10.2 Å². The van der Waals surface area contributed by atoms with E-state index in [1.807, 2.05) is 30.3 Å². The molecule has 0 spiro atoms. The minimum atomic E-state index is 0.445. The van der Waals surface area contributed by atoms with Gasteiger partial charge in [-0.15, -0.1) is 0 Å². The Bertz CT molecular complexity index is 670. The summed E-state index contributed by atoms with van der Waals surface area (Å²) in [5.74, 6) is 1.06. The van der Waals surface area contributed by atoms with E-state index >= 15 is 0 Å². The Balaban J connectivity index is 1.97. The lowest BCUT2D eigenvalue weighted by Gasteiger charge is -2.04. The molecule has 0 atom stereocenters. The zero-order chi connectivity index (χ0) is 13.1. The number of hydrogen-bond acceptors (Lipinski definition) is 7. The van der Waals surface area contributed by atoms with Crippen LogP contribution in [0.5, 0.6) is 0 Å². The molecule has 0 aliphatic carbocycles. The lowest BCUT2D eigenvalue weighted by atomic mass is 10.2. The molecule has 0 amide bonds. The van der Waals surface area contributed by atoms with Gasteiger partial charge in [0, 0.05) is 11.6 Å². The van der Waals surface area contributed by atoms with Crippen molar-refractivity contribution < 1.29 is 0 Å². The van der Waals surface area contributed by atoms with Crippen LogP contribution < -0.4 is 5.73 Å². The van der Waals surface area contributed by atoms with Crippen molar-refractivity contribution in [3.63, 3.8) is 0 Å². The number of nitrogens with zero attached hydrogens (tertiary/aromatic N) is 4. The Morgan fingerprint density at radius 2 is 1.95 bits per heavy atom. The number of nitrogen functional groups attached to an aromatic ring is 1. The van der Waals surface area contributed by atoms with E-state index in [2.05, 4.69) is 19.3 Å². The van der Waals surface area contributed by atoms with Gasteiger partial charge in [-0.3, -0.25) is 0 Å². The Labute approximate surface area is 118 Å². The lowest BCUT2D eigenvalue weighted by molar-refractivity contribution is 1.06. The largest absolute Gasteiger partial charge is 0.384 e. The molecule has 0 fully saturated rings. The topological polar surface area (TPSA) is 77.6 Å². The van der Waals surface area contributed by atoms with Crippen LogP contribution >= 0.6 is 23.3 Å². The number of rotatable bonds is 3. The van der Waals surface area contributed by atoms with Gasteiger partial charge in [-0.2, -0.15) is 4.37 Å². The van der Waals surface area contributed by atoms with Crippen LogP contribution in [-0.2, 0) is 0 Å². The fourth-order valence-electron chi connectivity index (χ4n) is 1.51. The van der Waals surface area contributed by atoms with E-state index in [1.54, 1.807) is 6.07 Å². The summed E-state index contributed by atoms with van der Waals surface area (Å²) < 4.78 is 4.79. The summed E-state index contributed by atoms with van der Waals surface area (Å²) in [7, 11) is 0. The van der Waals surface area contributed by atoms with Crippen LogP contribution in [0.4, 0.5) is 5.82 Å². The van der Waals surface area contributed by atoms with Crippen LogP contribution in [0.2, 0.25) is 0 Å². The van der Waals surface area contributed by atoms with Crippen LogP contribution in [0.3, 0.4) is 0 Å². The first-order valence-corrected chi connectivity index (χ1v) is 7.05. The molecule has 0 saturated carbocycles. The predicted molar refractivity (Wildman–Crippen MR) is 75.9 cm³/mol. The molecule has 0 bridgehead atoms. The van der Waals surface area contributed by atoms with E-state index in [0.29, 0.717) is 11.6 Å². The average molecular weight is 287 g/mol. The highest BCUT2D eigenvalue weighted by Crippen LogP contribution is 2.29. The molecule has 2 N–H and O–H groups in total. The molecule has 3 aromatic rings. The molecule has 3 rings (SSSR count). The van der Waals surface area contributed by atoms with E-state index in [9.17, 15) is 0 Å². The second-order valence-electron chi connectivity index (χ2n) is 3.63. The van der Waals surface area contributed by atoms with Crippen LogP contribution in [0.25, 0.3) is 11.4 Å². The summed E-state index contributed by atoms with van der Waals surface area (Å²) in [5.41, 5.74) is 6.77. The van der Waals surface area contributed by atoms with Crippen LogP contribution in [0.1, 0.15) is 0 Å². The normalized spacial score (nSPS) is 10.5. The highest BCUT2D eigenvalue weighted by Gasteiger charge is 2.08. The number of nitrogens with two attached hydrogens (primary N) is 1. The Morgan fingerprint density at radius 3 is 2.68 bits per heavy atom. The zero-order valence-electron chi connectivity index (χ0n) is 9.72. The second kappa shape index (κ2) is 5.33. The van der Waals surface area contributed by atoms with Gasteiger partial charge in [-0.05, 0) is 23.3 Å². The lowest BCUT2D eigenvalue weighted by Crippen LogP contribution is -1.97. The van der Waals surface area contributed by atoms with Gasteiger partial charge in [0.1, 0.15) is 17.2 Å². The molecule has 0 aliphatic heterocycles. The summed E-state index contributed by atoms with van der Waals surface area (Å²) in [5, 5.41) is 0.767. The van der Waals surface area contributed by atoms with E-state index in [0.717, 1.165) is 14.9 Å². The van der Waals surface area contributed by atoms with Gasteiger partial charge >= 0.3 is 0 Å². The smallest absolute Gasteiger partial charge is 0.175 e. The Hall–Kier alpha value is -1.99. The maximum atomic E-state index is 5.83. The maximum absolute atomic E-state index is 5.83. The molecule has 0 aliphatic rings. The van der Waals surface area contributed by atoms with Crippen molar-refractivity contribution in [1.82, 2.24) is 19.3 Å². The maximum Gasteiger partial charge on any atom is 0.175 e. The van der Waals surface area contributed by atoms with Crippen molar-refractivity contribution in [3.8, 4) is 11.4 Å². The second-order valence-corrected chi connectivity index (χ2v) is 5.68. The minimum Gasteiger partial charge on any atom is -0.384 e. The zero-order valence-corrected chi connectivity index (χ0v) is 11.4. The molecule has 19 heavy (non-hydrogen) atoms. The molecular formula is C12H9N5S2. The van der Waals surface area contributed by atoms with E-state index < -0.39 is 0 Å². The molecule has 0 radical (unpaired) electrons. The molecule has 5 nitrogen and oxygen atoms in total. The summed E-state index contributed by atoms with van der Waals surface area (Å²) in [6, 6.07) is 11.5. The quantitative estimate of drug-likeness (QED) is 0.746. The molecule has 7 heteroatoms. The highest BCUT2D eigenvalue weighted by atomic mass is 32.2. The first-order chi connectivity index (χ1) is 9.31. The third kappa shape index (κ3) is 2.88. The molecule has 2 aromatic heterocycles. The van der Waals surface area contributed by atoms with Crippen molar-refractivity contribution in [1.29, 1.82) is 0 Å². The van der Waals surface area contributed by atoms with Crippen molar-refractivity contribution >= 4 is 29.1 Å². The Kier molecular flexibility index (Phi) is 3.39. The van der Waals surface area contributed by atoms with Crippen LogP contribution in [0, 0.1) is 0 Å². The van der Waals surface area contributed by atoms with Crippen molar-refractivity contribution in [2.75, 3.05) is 5.73 Å². The van der Waals surface area contributed by atoms with Gasteiger partial charge in [0.2, 0.25) is 0 Å². The average Bonchev–Trinajstić information content (AvgIpc) is 2.92. The third-order valence-electron chi connectivity index (χ3n) is 2.29. The molecular weight excluding hydrogens is 278 g/mol. The molecule has 2 heterocycles. The monoisotopic (exact) mass is 287 g/mol. The van der Waals surface area contributed by atoms with Crippen LogP contribution in [-0.4, -0.2) is 19.3 Å². The summed E-state index contributed by atoms with van der Waals surface area (Å²) in [6.45, 7) is 0. The SMILES string of the molecule is Nc1cc(Sc2ncns2)nc(-c2ccccc2)n1. The van der Waals surface area contributed by atoms with Crippen molar-refractivity contribution in [2.45, 2.75) is 9.37 Å². The van der Waals surface area contributed by atoms with Gasteiger partial charge in [-0.1, -0.05) is 30.3 Å². The first kappa shape index (κ1) is 12.1. The van der Waals surface area contributed by atoms with E-state index in [1.165, 1.54) is 29.6 Å². The summed E-state index contributed by atoms with van der Waals surface area (Å²) in [4.78, 5) is 12.9. The van der Waals surface area contributed by atoms with Crippen molar-refractivity contribution in [2.24, 2.45) is 0 Å². The first-order valence-electron chi connectivity index (χ1n) is 5.46. The van der Waals surface area contributed by atoms with Gasteiger partial charge < -0.3 is 5.73 Å². The third-order valence-corrected chi connectivity index (χ3v) is 3.92. The predicted octanol–water partition coefficient (Wildman–Crippen LogP) is 2.73. The van der Waals surface area contributed by atoms with Crippen LogP contribution in [0.15, 0.2) is 52.1 Å². The van der Waals surface area contributed by atoms with Crippen molar-refractivity contribution in [3.05, 3.63) is 42.7 Å². The number of benzene rings is 1. The van der Waals surface area contributed by atoms with Gasteiger partial charge in [-0.25, -0.2) is 15.0 Å². The summed E-state index contributed by atoms with van der Waals surface area (Å²) >= 11 is 2.76. The van der Waals surface area contributed by atoms with E-state index in [4.69, 9.17) is 5.73 Å². The van der Waals surface area contributed by atoms with Gasteiger partial charge in [0.05, 0.1) is 0 Å². The fraction of sp³-hybridized carbons (Fsp3) is 0. The molecule has 94 valence electrons. The highest BCUT2D eigenvalue weighted by molar-refractivity contribution is 8.00. The summed E-state index contributed by atoms with van der Waals surface area (Å²) in [6.07, 6.45) is 1.52. The molecule has 1 aromatic carbocycles. The van der Waals surface area contributed by atoms with E-state index in [-0.39, 0.29) is 0 Å². The number of aromatic nitrogens is 4. The fourth-order valence-corrected chi connectivity index (χ4v) is 2.91.